The van der Waals surface area contributed by atoms with Crippen molar-refractivity contribution < 1.29 is 0 Å². The quantitative estimate of drug-likeness (QED) is 0.515. The second kappa shape index (κ2) is 7.04. The molecular weight excluding hydrogens is 362 g/mol. The van der Waals surface area contributed by atoms with Gasteiger partial charge in [-0.05, 0) is 0 Å². The van der Waals surface area contributed by atoms with Gasteiger partial charge in [-0.25, -0.2) is 0 Å². The normalized spacial score (nSPS) is 10.9. The van der Waals surface area contributed by atoms with E-state index >= 15 is 0 Å². The molecule has 0 aliphatic rings. The Morgan fingerprint density at radius 2 is 1.11 bits per heavy atom. The fourth-order valence-corrected chi connectivity index (χ4v) is 4.37. The van der Waals surface area contributed by atoms with Crippen LogP contribution in [-0.4, -0.2) is 49.4 Å². The summed E-state index contributed by atoms with van der Waals surface area (Å²) in [6, 6.07) is 0. The summed E-state index contributed by atoms with van der Waals surface area (Å²) in [5, 5.41) is 15.9. The molecule has 2 rings (SSSR count). The molecule has 0 amide bonds. The number of nitrogens with zero attached hydrogens (tertiary/aromatic N) is 4. The van der Waals surface area contributed by atoms with E-state index in [1.807, 2.05) is 0 Å². The van der Waals surface area contributed by atoms with Crippen LogP contribution in [0.1, 0.15) is 34.8 Å². The average molecular weight is 378 g/mol. The molecule has 0 aromatic carbocycles. The molecule has 2 aromatic rings. The Morgan fingerprint density at radius 3 is 1.44 bits per heavy atom. The predicted octanol–water partition coefficient (Wildman–Crippen LogP) is -0.109. The standard InChI is InChI=1S/C10H16N6Se2/c11-9-15-13-7(17-9)5-3-1-2-4-6-8-14-16-10(12)18-8/h1-6H2,(H2,11,15)(H2,12,16). The molecular formula is C10H16N6Se2. The summed E-state index contributed by atoms with van der Waals surface area (Å²) in [6.45, 7) is 0. The van der Waals surface area contributed by atoms with Gasteiger partial charge in [-0.1, -0.05) is 0 Å². The van der Waals surface area contributed by atoms with Crippen molar-refractivity contribution in [2.24, 2.45) is 0 Å². The minimum absolute atomic E-state index is 0.218. The molecule has 2 heterocycles. The third-order valence-electron chi connectivity index (χ3n) is 2.50. The number of aryl methyl sites for hydroxylation is 2. The second-order valence-electron chi connectivity index (χ2n) is 3.98. The number of hydrogen-bond acceptors (Lipinski definition) is 6. The first-order valence-electron chi connectivity index (χ1n) is 5.90. The monoisotopic (exact) mass is 380 g/mol. The van der Waals surface area contributed by atoms with Gasteiger partial charge >= 0.3 is 118 Å². The molecule has 0 bridgehead atoms. The molecule has 0 aliphatic heterocycles. The van der Waals surface area contributed by atoms with Crippen LogP contribution in [0, 0.1) is 0 Å². The number of unbranched alkanes of at least 4 members (excludes halogenated alkanes) is 3. The van der Waals surface area contributed by atoms with Crippen LogP contribution in [0.15, 0.2) is 0 Å². The minimum atomic E-state index is 0.218. The Balaban J connectivity index is 1.54. The van der Waals surface area contributed by atoms with Crippen molar-refractivity contribution in [3.05, 3.63) is 9.14 Å². The maximum atomic E-state index is 5.59. The van der Waals surface area contributed by atoms with Gasteiger partial charge in [-0.15, -0.1) is 0 Å². The fourth-order valence-electron chi connectivity index (χ4n) is 1.64. The summed E-state index contributed by atoms with van der Waals surface area (Å²) in [7, 11) is 0. The van der Waals surface area contributed by atoms with E-state index in [9.17, 15) is 0 Å². The van der Waals surface area contributed by atoms with Gasteiger partial charge in [0.05, 0.1) is 0 Å². The van der Waals surface area contributed by atoms with Crippen molar-refractivity contribution in [2.45, 2.75) is 38.5 Å². The van der Waals surface area contributed by atoms with Crippen LogP contribution in [0.25, 0.3) is 0 Å². The van der Waals surface area contributed by atoms with Crippen molar-refractivity contribution in [3.8, 4) is 0 Å². The molecule has 0 radical (unpaired) electrons. The first-order chi connectivity index (χ1) is 8.74. The van der Waals surface area contributed by atoms with Gasteiger partial charge in [0.2, 0.25) is 0 Å². The topological polar surface area (TPSA) is 104 Å². The average Bonchev–Trinajstić information content (AvgIpc) is 2.93. The van der Waals surface area contributed by atoms with E-state index in [0.717, 1.165) is 12.8 Å². The van der Waals surface area contributed by atoms with Crippen molar-refractivity contribution in [1.82, 2.24) is 20.4 Å². The Morgan fingerprint density at radius 1 is 0.667 bits per heavy atom. The number of rotatable bonds is 7. The van der Waals surface area contributed by atoms with Gasteiger partial charge < -0.3 is 0 Å². The van der Waals surface area contributed by atoms with E-state index in [1.54, 1.807) is 0 Å². The number of nitrogen functional groups attached to an aromatic ring is 2. The third kappa shape index (κ3) is 4.53. The molecule has 2 aromatic heterocycles. The van der Waals surface area contributed by atoms with Gasteiger partial charge in [0, 0.05) is 0 Å². The molecule has 8 heteroatoms. The van der Waals surface area contributed by atoms with Gasteiger partial charge in [0.15, 0.2) is 0 Å². The van der Waals surface area contributed by atoms with Gasteiger partial charge in [-0.2, -0.15) is 0 Å². The van der Waals surface area contributed by atoms with E-state index in [0.29, 0.717) is 9.38 Å². The van der Waals surface area contributed by atoms with Crippen LogP contribution in [0.2, 0.25) is 0 Å². The summed E-state index contributed by atoms with van der Waals surface area (Å²) in [5.74, 6) is 0. The zero-order valence-corrected chi connectivity index (χ0v) is 13.4. The third-order valence-corrected chi connectivity index (χ3v) is 5.90. The van der Waals surface area contributed by atoms with E-state index in [1.165, 1.54) is 34.8 Å². The number of aromatic nitrogens is 4. The van der Waals surface area contributed by atoms with Crippen LogP contribution in [-0.2, 0) is 12.8 Å². The fraction of sp³-hybridized carbons (Fsp3) is 0.600. The van der Waals surface area contributed by atoms with Crippen LogP contribution in [0.3, 0.4) is 0 Å². The van der Waals surface area contributed by atoms with Crippen molar-refractivity contribution in [2.75, 3.05) is 11.5 Å². The van der Waals surface area contributed by atoms with Crippen molar-refractivity contribution in [3.63, 3.8) is 0 Å². The summed E-state index contributed by atoms with van der Waals surface area (Å²) >= 11 is 0.436. The van der Waals surface area contributed by atoms with Crippen molar-refractivity contribution in [1.29, 1.82) is 0 Å². The molecule has 98 valence electrons. The molecule has 0 aliphatic carbocycles. The Kier molecular flexibility index (Phi) is 5.38. The molecule has 0 saturated heterocycles. The molecule has 6 nitrogen and oxygen atoms in total. The maximum absolute atomic E-state index is 5.59. The number of hydrogen-bond donors (Lipinski definition) is 2. The first-order valence-corrected chi connectivity index (χ1v) is 9.32. The number of nitrogens with two attached hydrogens (primary N) is 2. The summed E-state index contributed by atoms with van der Waals surface area (Å²) in [6.07, 6.45) is 6.91. The van der Waals surface area contributed by atoms with E-state index < -0.39 is 0 Å². The van der Waals surface area contributed by atoms with Gasteiger partial charge in [0.25, 0.3) is 0 Å². The molecule has 4 N–H and O–H groups in total. The van der Waals surface area contributed by atoms with E-state index in [4.69, 9.17) is 11.5 Å². The summed E-state index contributed by atoms with van der Waals surface area (Å²) < 4.78 is 3.78. The summed E-state index contributed by atoms with van der Waals surface area (Å²) in [5.41, 5.74) is 11.2. The van der Waals surface area contributed by atoms with Gasteiger partial charge in [0.1, 0.15) is 0 Å². The molecule has 0 spiro atoms. The SMILES string of the molecule is Nc1nnc(CCCCCCc2nnc(N)[se]2)[se]1. The van der Waals surface area contributed by atoms with Crippen LogP contribution >= 0.6 is 0 Å². The second-order valence-corrected chi connectivity index (χ2v) is 8.57. The molecule has 18 heavy (non-hydrogen) atoms. The predicted molar refractivity (Wildman–Crippen MR) is 72.6 cm³/mol. The summed E-state index contributed by atoms with van der Waals surface area (Å²) in [4.78, 5) is 0. The zero-order valence-electron chi connectivity index (χ0n) is 10.0. The van der Waals surface area contributed by atoms with Gasteiger partial charge in [-0.3, -0.25) is 0 Å². The van der Waals surface area contributed by atoms with E-state index in [2.05, 4.69) is 20.4 Å². The number of anilines is 2. The van der Waals surface area contributed by atoms with Crippen molar-refractivity contribution >= 4 is 38.4 Å². The first kappa shape index (κ1) is 13.7. The molecule has 0 saturated carbocycles. The zero-order chi connectivity index (χ0) is 12.8. The van der Waals surface area contributed by atoms with Crippen LogP contribution in [0.4, 0.5) is 9.38 Å². The molecule has 0 atom stereocenters. The Hall–Kier alpha value is -0.681. The Bertz CT molecular complexity index is 436. The Labute approximate surface area is 118 Å². The van der Waals surface area contributed by atoms with E-state index in [-0.39, 0.29) is 29.0 Å². The molecule has 0 unspecified atom stereocenters. The van der Waals surface area contributed by atoms with Crippen LogP contribution in [0.5, 0.6) is 0 Å². The van der Waals surface area contributed by atoms with Crippen LogP contribution < -0.4 is 11.5 Å². The molecule has 0 fully saturated rings.